The highest BCUT2D eigenvalue weighted by molar-refractivity contribution is 6.22. The molecule has 4 amide bonds. The molecule has 196 valence electrons. The van der Waals surface area contributed by atoms with E-state index in [0.29, 0.717) is 22.7 Å². The van der Waals surface area contributed by atoms with Crippen LogP contribution in [0.1, 0.15) is 29.3 Å². The van der Waals surface area contributed by atoms with E-state index >= 15 is 0 Å². The lowest BCUT2D eigenvalue weighted by atomic mass is 10.1. The third-order valence-corrected chi connectivity index (χ3v) is 5.93. The molecule has 1 aliphatic rings. The number of imide groups is 1. The number of hydrogen-bond donors (Lipinski definition) is 1. The number of nitrogens with one attached hydrogen (secondary N) is 1. The van der Waals surface area contributed by atoms with Crippen molar-refractivity contribution >= 4 is 35.2 Å². The molecule has 1 N–H and O–H groups in total. The van der Waals surface area contributed by atoms with Crippen molar-refractivity contribution in [2.24, 2.45) is 0 Å². The summed E-state index contributed by atoms with van der Waals surface area (Å²) >= 11 is 0. The Labute approximate surface area is 218 Å². The number of methoxy groups -OCH3 is 1. The molecule has 10 heteroatoms. The molecule has 1 heterocycles. The highest BCUT2D eigenvalue weighted by Gasteiger charge is 2.46. The summed E-state index contributed by atoms with van der Waals surface area (Å²) in [4.78, 5) is 54.3. The van der Waals surface area contributed by atoms with E-state index in [1.54, 1.807) is 49.4 Å². The van der Waals surface area contributed by atoms with Gasteiger partial charge in [-0.3, -0.25) is 9.59 Å². The minimum atomic E-state index is -1.12. The molecule has 0 bridgehead atoms. The van der Waals surface area contributed by atoms with Crippen LogP contribution in [0, 0.1) is 5.82 Å². The van der Waals surface area contributed by atoms with Gasteiger partial charge in [0, 0.05) is 18.3 Å². The predicted molar refractivity (Wildman–Crippen MR) is 137 cm³/mol. The van der Waals surface area contributed by atoms with E-state index in [9.17, 15) is 23.6 Å². The molecule has 0 radical (unpaired) electrons. The van der Waals surface area contributed by atoms with E-state index in [4.69, 9.17) is 9.47 Å². The number of anilines is 2. The second kappa shape index (κ2) is 11.5. The van der Waals surface area contributed by atoms with Gasteiger partial charge in [-0.1, -0.05) is 24.3 Å². The van der Waals surface area contributed by atoms with Crippen molar-refractivity contribution in [3.05, 3.63) is 89.7 Å². The van der Waals surface area contributed by atoms with Crippen molar-refractivity contribution in [1.29, 1.82) is 0 Å². The molecule has 3 aromatic rings. The van der Waals surface area contributed by atoms with Gasteiger partial charge in [-0.15, -0.1) is 0 Å². The second-order valence-corrected chi connectivity index (χ2v) is 8.48. The number of amides is 4. The summed E-state index contributed by atoms with van der Waals surface area (Å²) in [5.41, 5.74) is 1.49. The fraction of sp³-hybridized carbons (Fsp3) is 0.214. The van der Waals surface area contributed by atoms with Gasteiger partial charge >= 0.3 is 12.0 Å². The Kier molecular flexibility index (Phi) is 8.00. The van der Waals surface area contributed by atoms with E-state index in [2.05, 4.69) is 5.32 Å². The first-order valence-corrected chi connectivity index (χ1v) is 11.9. The summed E-state index contributed by atoms with van der Waals surface area (Å²) in [6, 6.07) is 16.5. The second-order valence-electron chi connectivity index (χ2n) is 8.48. The lowest BCUT2D eigenvalue weighted by molar-refractivity contribution is -0.124. The van der Waals surface area contributed by atoms with Gasteiger partial charge < -0.3 is 19.7 Å². The third-order valence-electron chi connectivity index (χ3n) is 5.93. The molecule has 1 aliphatic heterocycles. The number of halogens is 1. The van der Waals surface area contributed by atoms with Crippen LogP contribution in [0.2, 0.25) is 0 Å². The van der Waals surface area contributed by atoms with E-state index < -0.39 is 35.7 Å². The number of urea groups is 1. The molecule has 0 saturated carbocycles. The largest absolute Gasteiger partial charge is 0.497 e. The molecular formula is C28H26FN3O6. The molecule has 1 saturated heterocycles. The monoisotopic (exact) mass is 519 g/mol. The average molecular weight is 520 g/mol. The average Bonchev–Trinajstić information content (AvgIpc) is 3.14. The van der Waals surface area contributed by atoms with Gasteiger partial charge in [0.25, 0.3) is 5.91 Å². The SMILES string of the molecule is CCOC(=O)c1cccc(NC(=O)CC2C(=O)N(c3cccc(OC)c3)C(=O)N2Cc2ccc(F)cc2)c1. The summed E-state index contributed by atoms with van der Waals surface area (Å²) in [7, 11) is 1.47. The summed E-state index contributed by atoms with van der Waals surface area (Å²) in [6.45, 7) is 1.89. The summed E-state index contributed by atoms with van der Waals surface area (Å²) in [5.74, 6) is -1.62. The van der Waals surface area contributed by atoms with E-state index in [1.807, 2.05) is 0 Å². The quantitative estimate of drug-likeness (QED) is 0.332. The maximum atomic E-state index is 13.5. The first kappa shape index (κ1) is 26.3. The normalized spacial score (nSPS) is 15.0. The molecule has 1 unspecified atom stereocenters. The van der Waals surface area contributed by atoms with Crippen LogP contribution in [0.5, 0.6) is 5.75 Å². The first-order valence-electron chi connectivity index (χ1n) is 11.9. The van der Waals surface area contributed by atoms with Crippen molar-refractivity contribution in [2.45, 2.75) is 25.9 Å². The number of benzene rings is 3. The van der Waals surface area contributed by atoms with Crippen LogP contribution >= 0.6 is 0 Å². The Bertz CT molecular complexity index is 1360. The molecule has 9 nitrogen and oxygen atoms in total. The topological polar surface area (TPSA) is 105 Å². The number of rotatable bonds is 9. The summed E-state index contributed by atoms with van der Waals surface area (Å²) < 4.78 is 23.6. The zero-order chi connectivity index (χ0) is 27.2. The summed E-state index contributed by atoms with van der Waals surface area (Å²) in [5, 5.41) is 2.68. The van der Waals surface area contributed by atoms with E-state index in [0.717, 1.165) is 4.90 Å². The molecule has 0 aromatic heterocycles. The molecule has 1 fully saturated rings. The summed E-state index contributed by atoms with van der Waals surface area (Å²) in [6.07, 6.45) is -0.337. The van der Waals surface area contributed by atoms with Crippen LogP contribution in [0.25, 0.3) is 0 Å². The maximum absolute atomic E-state index is 13.5. The van der Waals surface area contributed by atoms with E-state index in [1.165, 1.54) is 42.3 Å². The highest BCUT2D eigenvalue weighted by Crippen LogP contribution is 2.30. The van der Waals surface area contributed by atoms with Crippen LogP contribution in [0.15, 0.2) is 72.8 Å². The van der Waals surface area contributed by atoms with Gasteiger partial charge in [-0.25, -0.2) is 18.9 Å². The first-order chi connectivity index (χ1) is 18.3. The van der Waals surface area contributed by atoms with Crippen molar-refractivity contribution in [2.75, 3.05) is 23.9 Å². The van der Waals surface area contributed by atoms with Crippen LogP contribution in [-0.2, 0) is 20.9 Å². The van der Waals surface area contributed by atoms with Crippen LogP contribution in [-0.4, -0.2) is 48.5 Å². The van der Waals surface area contributed by atoms with Gasteiger partial charge in [0.05, 0.1) is 31.4 Å². The van der Waals surface area contributed by atoms with Gasteiger partial charge in [0.15, 0.2) is 0 Å². The van der Waals surface area contributed by atoms with Gasteiger partial charge in [0.2, 0.25) is 5.91 Å². The smallest absolute Gasteiger partial charge is 0.338 e. The number of nitrogens with zero attached hydrogens (tertiary/aromatic N) is 2. The number of esters is 1. The van der Waals surface area contributed by atoms with Gasteiger partial charge in [-0.2, -0.15) is 0 Å². The molecule has 0 spiro atoms. The molecule has 3 aromatic carbocycles. The Hall–Kier alpha value is -4.73. The van der Waals surface area contributed by atoms with Crippen LogP contribution in [0.3, 0.4) is 0 Å². The fourth-order valence-electron chi connectivity index (χ4n) is 4.11. The van der Waals surface area contributed by atoms with Crippen molar-refractivity contribution in [3.63, 3.8) is 0 Å². The third kappa shape index (κ3) is 5.80. The van der Waals surface area contributed by atoms with Crippen molar-refractivity contribution in [1.82, 2.24) is 4.90 Å². The predicted octanol–water partition coefficient (Wildman–Crippen LogP) is 4.38. The molecular weight excluding hydrogens is 493 g/mol. The Morgan fingerprint density at radius 3 is 2.45 bits per heavy atom. The molecule has 38 heavy (non-hydrogen) atoms. The van der Waals surface area contributed by atoms with Crippen molar-refractivity contribution in [3.8, 4) is 5.75 Å². The molecule has 4 rings (SSSR count). The van der Waals surface area contributed by atoms with Crippen LogP contribution in [0.4, 0.5) is 20.6 Å². The van der Waals surface area contributed by atoms with Gasteiger partial charge in [-0.05, 0) is 55.0 Å². The maximum Gasteiger partial charge on any atom is 0.338 e. The number of hydrogen-bond acceptors (Lipinski definition) is 6. The standard InChI is InChI=1S/C28H26FN3O6/c1-3-38-27(35)19-6-4-7-21(14-19)30-25(33)16-24-26(34)32(22-8-5-9-23(15-22)37-2)28(36)31(24)17-18-10-12-20(29)13-11-18/h4-15,24H,3,16-17H2,1-2H3,(H,30,33). The van der Waals surface area contributed by atoms with Crippen LogP contribution < -0.4 is 15.0 Å². The Morgan fingerprint density at radius 2 is 1.74 bits per heavy atom. The fourth-order valence-corrected chi connectivity index (χ4v) is 4.11. The van der Waals surface area contributed by atoms with Gasteiger partial charge in [0.1, 0.15) is 17.6 Å². The Morgan fingerprint density at radius 1 is 1.00 bits per heavy atom. The molecule has 0 aliphatic carbocycles. The number of ether oxygens (including phenoxy) is 2. The lowest BCUT2D eigenvalue weighted by Gasteiger charge is -2.21. The Balaban J connectivity index is 1.58. The number of carbonyl (C=O) groups is 4. The van der Waals surface area contributed by atoms with Crippen molar-refractivity contribution < 1.29 is 33.0 Å². The highest BCUT2D eigenvalue weighted by atomic mass is 19.1. The lowest BCUT2D eigenvalue weighted by Crippen LogP contribution is -2.37. The zero-order valence-corrected chi connectivity index (χ0v) is 20.8. The number of carbonyl (C=O) groups excluding carboxylic acids is 4. The van der Waals surface area contributed by atoms with E-state index in [-0.39, 0.29) is 25.1 Å². The zero-order valence-electron chi connectivity index (χ0n) is 20.8. The minimum Gasteiger partial charge on any atom is -0.497 e. The molecule has 1 atom stereocenters. The minimum absolute atomic E-state index is 0.0123.